The maximum atomic E-state index is 13.1. The molecular weight excluding hydrogens is 386 g/mol. The molecule has 5 nitrogen and oxygen atoms in total. The number of carbonyl (C=O) groups excluding carboxylic acids is 1. The van der Waals surface area contributed by atoms with Gasteiger partial charge in [0.1, 0.15) is 51.1 Å². The molecule has 1 saturated heterocycles. The number of fused-ring (bicyclic) bond motifs is 1. The van der Waals surface area contributed by atoms with Crippen LogP contribution >= 0.6 is 11.6 Å². The van der Waals surface area contributed by atoms with Crippen molar-refractivity contribution in [2.24, 2.45) is 0 Å². The van der Waals surface area contributed by atoms with Crippen molar-refractivity contribution in [2.45, 2.75) is 13.0 Å². The number of Topliss-reactive ketones (excluding diaryl/α,β-unsaturated/α-hetero) is 1. The molecule has 0 aliphatic carbocycles. The Morgan fingerprint density at radius 1 is 1.10 bits per heavy atom. The smallest absolute Gasteiger partial charge is 0.221 e. The second-order valence-electron chi connectivity index (χ2n) is 7.79. The van der Waals surface area contributed by atoms with E-state index in [1.165, 1.54) is 9.80 Å². The third-order valence-electron chi connectivity index (χ3n) is 6.00. The largest absolute Gasteiger partial charge is 0.488 e. The van der Waals surface area contributed by atoms with Gasteiger partial charge in [-0.05, 0) is 37.3 Å². The number of rotatable bonds is 7. The van der Waals surface area contributed by atoms with Gasteiger partial charge in [-0.2, -0.15) is 0 Å². The summed E-state index contributed by atoms with van der Waals surface area (Å²) in [6.07, 6.45) is 1.86. The summed E-state index contributed by atoms with van der Waals surface area (Å²) in [5.41, 5.74) is 1.83. The first-order chi connectivity index (χ1) is 14.1. The molecular formula is C23H28ClN3O2+2. The number of piperazine rings is 1. The first-order valence-corrected chi connectivity index (χ1v) is 10.7. The van der Waals surface area contributed by atoms with Gasteiger partial charge in [0.05, 0.1) is 0 Å². The quantitative estimate of drug-likeness (QED) is 0.511. The fourth-order valence-electron chi connectivity index (χ4n) is 4.15. The molecule has 1 aliphatic rings. The van der Waals surface area contributed by atoms with Crippen LogP contribution in [0.1, 0.15) is 17.3 Å². The topological polar surface area (TPSA) is 51.0 Å². The van der Waals surface area contributed by atoms with E-state index in [0.717, 1.165) is 60.0 Å². The van der Waals surface area contributed by atoms with Gasteiger partial charge in [-0.15, -0.1) is 0 Å². The summed E-state index contributed by atoms with van der Waals surface area (Å²) in [7, 11) is 0. The van der Waals surface area contributed by atoms with Crippen LogP contribution in [0.25, 0.3) is 10.9 Å². The lowest BCUT2D eigenvalue weighted by Crippen LogP contribution is -3.30. The second-order valence-corrected chi connectivity index (χ2v) is 8.23. The fourth-order valence-corrected chi connectivity index (χ4v) is 4.27. The van der Waals surface area contributed by atoms with Gasteiger partial charge in [-0.25, -0.2) is 0 Å². The molecule has 3 aromatic rings. The zero-order valence-electron chi connectivity index (χ0n) is 16.7. The molecule has 1 atom stereocenters. The Morgan fingerprint density at radius 3 is 2.59 bits per heavy atom. The van der Waals surface area contributed by atoms with Gasteiger partial charge in [0.2, 0.25) is 5.78 Å². The van der Waals surface area contributed by atoms with Gasteiger partial charge in [0.15, 0.2) is 0 Å². The summed E-state index contributed by atoms with van der Waals surface area (Å²) in [5, 5.41) is 1.74. The lowest BCUT2D eigenvalue weighted by molar-refractivity contribution is -1.02. The molecule has 4 rings (SSSR count). The number of aromatic amines is 1. The molecule has 2 heterocycles. The van der Waals surface area contributed by atoms with Gasteiger partial charge >= 0.3 is 0 Å². The van der Waals surface area contributed by atoms with Crippen molar-refractivity contribution in [3.63, 3.8) is 0 Å². The lowest BCUT2D eigenvalue weighted by atomic mass is 10.0. The zero-order valence-corrected chi connectivity index (χ0v) is 17.5. The third-order valence-corrected chi connectivity index (χ3v) is 6.25. The fraction of sp³-hybridized carbons (Fsp3) is 0.348. The van der Waals surface area contributed by atoms with Gasteiger partial charge in [0.25, 0.3) is 0 Å². The SMILES string of the molecule is C[C@H](C(=O)c1c[nH]c2ccccc12)[NH+]1CC[NH+](CCOc2ccc(Cl)cc2)CC1. The minimum atomic E-state index is -0.0268. The number of halogens is 1. The van der Waals surface area contributed by atoms with Gasteiger partial charge in [-0.3, -0.25) is 4.79 Å². The molecule has 0 bridgehead atoms. The van der Waals surface area contributed by atoms with E-state index < -0.39 is 0 Å². The summed E-state index contributed by atoms with van der Waals surface area (Å²) in [6.45, 7) is 7.86. The summed E-state index contributed by atoms with van der Waals surface area (Å²) in [4.78, 5) is 19.2. The van der Waals surface area contributed by atoms with Crippen molar-refractivity contribution < 1.29 is 19.3 Å². The van der Waals surface area contributed by atoms with Crippen LogP contribution in [-0.4, -0.2) is 56.1 Å². The van der Waals surface area contributed by atoms with Crippen molar-refractivity contribution in [3.05, 3.63) is 65.3 Å². The van der Waals surface area contributed by atoms with Crippen molar-refractivity contribution in [1.82, 2.24) is 4.98 Å². The van der Waals surface area contributed by atoms with E-state index in [9.17, 15) is 4.79 Å². The predicted octanol–water partition coefficient (Wildman–Crippen LogP) is 1.25. The maximum Gasteiger partial charge on any atom is 0.221 e. The molecule has 1 aromatic heterocycles. The first kappa shape index (κ1) is 20.0. The molecule has 29 heavy (non-hydrogen) atoms. The molecule has 3 N–H and O–H groups in total. The van der Waals surface area contributed by atoms with Crippen LogP contribution in [0.5, 0.6) is 5.75 Å². The van der Waals surface area contributed by atoms with Gasteiger partial charge in [0, 0.05) is 27.7 Å². The molecule has 1 fully saturated rings. The van der Waals surface area contributed by atoms with Gasteiger partial charge < -0.3 is 19.5 Å². The molecule has 152 valence electrons. The number of ether oxygens (including phenoxy) is 1. The van der Waals surface area contributed by atoms with E-state index in [4.69, 9.17) is 16.3 Å². The highest BCUT2D eigenvalue weighted by atomic mass is 35.5. The average Bonchev–Trinajstić information content (AvgIpc) is 3.19. The number of carbonyl (C=O) groups is 1. The number of aromatic nitrogens is 1. The molecule has 6 heteroatoms. The van der Waals surface area contributed by atoms with Crippen LogP contribution in [0, 0.1) is 0 Å². The van der Waals surface area contributed by atoms with Crippen LogP contribution in [0.15, 0.2) is 54.7 Å². The zero-order chi connectivity index (χ0) is 20.2. The highest BCUT2D eigenvalue weighted by Gasteiger charge is 2.32. The number of benzene rings is 2. The second kappa shape index (κ2) is 8.99. The van der Waals surface area contributed by atoms with Crippen molar-refractivity contribution in [3.8, 4) is 5.75 Å². The minimum absolute atomic E-state index is 0.0268. The maximum absolute atomic E-state index is 13.1. The number of nitrogens with one attached hydrogen (secondary N) is 3. The van der Waals surface area contributed by atoms with Gasteiger partial charge in [-0.1, -0.05) is 29.8 Å². The Hall–Kier alpha value is -2.34. The van der Waals surface area contributed by atoms with Crippen molar-refractivity contribution >= 4 is 28.3 Å². The highest BCUT2D eigenvalue weighted by molar-refractivity contribution is 6.30. The Morgan fingerprint density at radius 2 is 1.83 bits per heavy atom. The summed E-state index contributed by atoms with van der Waals surface area (Å²) < 4.78 is 5.82. The van der Waals surface area contributed by atoms with E-state index in [0.29, 0.717) is 6.61 Å². The van der Waals surface area contributed by atoms with Crippen LogP contribution in [0.3, 0.4) is 0 Å². The number of hydrogen-bond donors (Lipinski definition) is 3. The van der Waals surface area contributed by atoms with E-state index in [1.54, 1.807) is 0 Å². The van der Waals surface area contributed by atoms with E-state index in [2.05, 4.69) is 11.9 Å². The Bertz CT molecular complexity index is 962. The molecule has 0 spiro atoms. The van der Waals surface area contributed by atoms with Crippen molar-refractivity contribution in [1.29, 1.82) is 0 Å². The van der Waals surface area contributed by atoms with Crippen LogP contribution in [-0.2, 0) is 0 Å². The number of ketones is 1. The average molecular weight is 414 g/mol. The third kappa shape index (κ3) is 4.64. The van der Waals surface area contributed by atoms with E-state index in [1.807, 2.05) is 54.7 Å². The Labute approximate surface area is 176 Å². The van der Waals surface area contributed by atoms with Crippen LogP contribution in [0.4, 0.5) is 0 Å². The molecule has 0 radical (unpaired) electrons. The first-order valence-electron chi connectivity index (χ1n) is 10.3. The number of hydrogen-bond acceptors (Lipinski definition) is 2. The normalized spacial score (nSPS) is 20.5. The van der Waals surface area contributed by atoms with Crippen LogP contribution < -0.4 is 14.5 Å². The summed E-state index contributed by atoms with van der Waals surface area (Å²) >= 11 is 5.90. The molecule has 0 amide bonds. The number of quaternary nitrogens is 2. The molecule has 1 aliphatic heterocycles. The Kier molecular flexibility index (Phi) is 6.19. The van der Waals surface area contributed by atoms with E-state index >= 15 is 0 Å². The van der Waals surface area contributed by atoms with E-state index in [-0.39, 0.29) is 11.8 Å². The molecule has 0 unspecified atom stereocenters. The van der Waals surface area contributed by atoms with Crippen LogP contribution in [0.2, 0.25) is 5.02 Å². The molecule has 2 aromatic carbocycles. The summed E-state index contributed by atoms with van der Waals surface area (Å²) in [6, 6.07) is 15.5. The monoisotopic (exact) mass is 413 g/mol. The Balaban J connectivity index is 1.26. The summed E-state index contributed by atoms with van der Waals surface area (Å²) in [5.74, 6) is 1.09. The number of para-hydroxylation sites is 1. The number of H-pyrrole nitrogens is 1. The standard InChI is InChI=1S/C23H26ClN3O2/c1-17(23(28)21-16-25-22-5-3-2-4-20(21)22)27-12-10-26(11-13-27)14-15-29-19-8-6-18(24)7-9-19/h2-9,16-17,25H,10-15H2,1H3/p+2/t17-/m1/s1. The van der Waals surface area contributed by atoms with Crippen molar-refractivity contribution in [2.75, 3.05) is 39.3 Å². The minimum Gasteiger partial charge on any atom is -0.488 e. The molecule has 0 saturated carbocycles. The predicted molar refractivity (Wildman–Crippen MR) is 115 cm³/mol. The lowest BCUT2D eigenvalue weighted by Gasteiger charge is -2.32. The highest BCUT2D eigenvalue weighted by Crippen LogP contribution is 2.18.